The Morgan fingerprint density at radius 2 is 2.12 bits per heavy atom. The van der Waals surface area contributed by atoms with E-state index in [9.17, 15) is 4.79 Å². The van der Waals surface area contributed by atoms with E-state index in [0.717, 1.165) is 42.8 Å². The predicted octanol–water partition coefficient (Wildman–Crippen LogP) is 3.98. The summed E-state index contributed by atoms with van der Waals surface area (Å²) in [6.45, 7) is 5.58. The molecule has 6 nitrogen and oxygen atoms in total. The number of urea groups is 1. The number of fused-ring (bicyclic) bond motifs is 1. The highest BCUT2D eigenvalue weighted by Crippen LogP contribution is 2.30. The molecule has 3 aromatic rings. The predicted molar refractivity (Wildman–Crippen MR) is 103 cm³/mol. The van der Waals surface area contributed by atoms with Gasteiger partial charge in [-0.25, -0.2) is 14.8 Å². The van der Waals surface area contributed by atoms with E-state index in [2.05, 4.69) is 27.2 Å². The topological polar surface area (TPSA) is 73.9 Å². The molecule has 0 bridgehead atoms. The van der Waals surface area contributed by atoms with Crippen LogP contribution in [0.15, 0.2) is 30.5 Å². The van der Waals surface area contributed by atoms with E-state index in [4.69, 9.17) is 0 Å². The lowest BCUT2D eigenvalue weighted by Crippen LogP contribution is -2.45. The summed E-state index contributed by atoms with van der Waals surface area (Å²) in [5.41, 5.74) is 1.91. The van der Waals surface area contributed by atoms with Crippen molar-refractivity contribution in [1.29, 1.82) is 0 Å². The molecule has 0 unspecified atom stereocenters. The number of rotatable bonds is 3. The van der Waals surface area contributed by atoms with Gasteiger partial charge < -0.3 is 15.2 Å². The van der Waals surface area contributed by atoms with Crippen LogP contribution in [0.5, 0.6) is 0 Å². The molecule has 2 aromatic heterocycles. The third-order valence-corrected chi connectivity index (χ3v) is 6.00. The molecular formula is C19H23N5OS. The molecule has 1 aliphatic rings. The highest BCUT2D eigenvalue weighted by atomic mass is 32.1. The monoisotopic (exact) mass is 369 g/mol. The van der Waals surface area contributed by atoms with Gasteiger partial charge in [0.15, 0.2) is 0 Å². The van der Waals surface area contributed by atoms with Crippen molar-refractivity contribution >= 4 is 28.4 Å². The van der Waals surface area contributed by atoms with Crippen LogP contribution in [0.4, 0.5) is 4.79 Å². The number of aromatic amines is 1. The van der Waals surface area contributed by atoms with Crippen molar-refractivity contribution in [2.45, 2.75) is 38.6 Å². The molecule has 3 heterocycles. The SMILES string of the molecule is Cc1cnc(C2CCN(C(=O)N[C@@H](C)c3nc4ccccc4[nH]3)CC2)s1. The average Bonchev–Trinajstić information content (AvgIpc) is 3.28. The number of aryl methyl sites for hydroxylation is 1. The number of hydrogen-bond acceptors (Lipinski definition) is 4. The van der Waals surface area contributed by atoms with Crippen LogP contribution in [0.1, 0.15) is 47.4 Å². The molecule has 7 heteroatoms. The zero-order chi connectivity index (χ0) is 18.1. The molecule has 0 aliphatic carbocycles. The van der Waals surface area contributed by atoms with Crippen LogP contribution in [0, 0.1) is 6.92 Å². The lowest BCUT2D eigenvalue weighted by atomic mass is 9.98. The van der Waals surface area contributed by atoms with Gasteiger partial charge in [0, 0.05) is 30.1 Å². The van der Waals surface area contributed by atoms with Crippen LogP contribution in [0.3, 0.4) is 0 Å². The number of benzene rings is 1. The fraction of sp³-hybridized carbons (Fsp3) is 0.421. The van der Waals surface area contributed by atoms with Gasteiger partial charge in [-0.3, -0.25) is 0 Å². The number of carbonyl (C=O) groups is 1. The Labute approximate surface area is 156 Å². The highest BCUT2D eigenvalue weighted by Gasteiger charge is 2.26. The molecule has 26 heavy (non-hydrogen) atoms. The number of piperidine rings is 1. The fourth-order valence-corrected chi connectivity index (χ4v) is 4.36. The molecule has 2 amide bonds. The first-order chi connectivity index (χ1) is 12.6. The summed E-state index contributed by atoms with van der Waals surface area (Å²) in [6.07, 6.45) is 3.88. The van der Waals surface area contributed by atoms with Crippen molar-refractivity contribution in [3.05, 3.63) is 46.2 Å². The van der Waals surface area contributed by atoms with Gasteiger partial charge in [0.1, 0.15) is 5.82 Å². The molecular weight excluding hydrogens is 346 g/mol. The van der Waals surface area contributed by atoms with Crippen LogP contribution in [-0.2, 0) is 0 Å². The third kappa shape index (κ3) is 3.44. The van der Waals surface area contributed by atoms with Crippen molar-refractivity contribution < 1.29 is 4.79 Å². The van der Waals surface area contributed by atoms with E-state index in [1.165, 1.54) is 9.88 Å². The van der Waals surface area contributed by atoms with Gasteiger partial charge in [0.2, 0.25) is 0 Å². The first kappa shape index (κ1) is 17.0. The van der Waals surface area contributed by atoms with Gasteiger partial charge in [0.05, 0.1) is 22.1 Å². The maximum absolute atomic E-state index is 12.6. The van der Waals surface area contributed by atoms with Crippen molar-refractivity contribution in [3.8, 4) is 0 Å². The summed E-state index contributed by atoms with van der Waals surface area (Å²) < 4.78 is 0. The van der Waals surface area contributed by atoms with E-state index >= 15 is 0 Å². The lowest BCUT2D eigenvalue weighted by molar-refractivity contribution is 0.178. The maximum atomic E-state index is 12.6. The van der Waals surface area contributed by atoms with Crippen LogP contribution < -0.4 is 5.32 Å². The van der Waals surface area contributed by atoms with E-state index in [1.807, 2.05) is 42.3 Å². The zero-order valence-corrected chi connectivity index (χ0v) is 15.8. The minimum atomic E-state index is -0.158. The molecule has 1 aromatic carbocycles. The first-order valence-corrected chi connectivity index (χ1v) is 9.84. The van der Waals surface area contributed by atoms with Crippen molar-refractivity contribution in [2.24, 2.45) is 0 Å². The van der Waals surface area contributed by atoms with Gasteiger partial charge in [-0.15, -0.1) is 11.3 Å². The van der Waals surface area contributed by atoms with E-state index in [1.54, 1.807) is 11.3 Å². The Kier molecular flexibility index (Phi) is 4.63. The van der Waals surface area contributed by atoms with Gasteiger partial charge in [-0.05, 0) is 38.8 Å². The maximum Gasteiger partial charge on any atom is 0.317 e. The average molecular weight is 369 g/mol. The third-order valence-electron chi connectivity index (χ3n) is 4.93. The smallest absolute Gasteiger partial charge is 0.317 e. The van der Waals surface area contributed by atoms with Gasteiger partial charge in [-0.1, -0.05) is 12.1 Å². The number of amides is 2. The summed E-state index contributed by atoms with van der Waals surface area (Å²) in [5, 5.41) is 4.27. The number of nitrogens with zero attached hydrogens (tertiary/aromatic N) is 3. The standard InChI is InChI=1S/C19H23N5OS/c1-12-11-20-18(26-12)14-7-9-24(10-8-14)19(25)21-13(2)17-22-15-5-3-4-6-16(15)23-17/h3-6,11,13-14H,7-10H2,1-2H3,(H,21,25)(H,22,23)/t13-/m0/s1. The molecule has 0 radical (unpaired) electrons. The Bertz CT molecular complexity index is 876. The molecule has 136 valence electrons. The fourth-order valence-electron chi connectivity index (χ4n) is 3.41. The largest absolute Gasteiger partial charge is 0.340 e. The highest BCUT2D eigenvalue weighted by molar-refractivity contribution is 7.11. The number of hydrogen-bond donors (Lipinski definition) is 2. The minimum absolute atomic E-state index is 0.0216. The summed E-state index contributed by atoms with van der Waals surface area (Å²) in [6, 6.07) is 7.72. The van der Waals surface area contributed by atoms with E-state index in [0.29, 0.717) is 5.92 Å². The Hall–Kier alpha value is -2.41. The van der Waals surface area contributed by atoms with Gasteiger partial charge in [0.25, 0.3) is 0 Å². The number of thiazole rings is 1. The second-order valence-electron chi connectivity index (χ2n) is 6.88. The zero-order valence-electron chi connectivity index (χ0n) is 15.0. The number of carbonyl (C=O) groups excluding carboxylic acids is 1. The van der Waals surface area contributed by atoms with Crippen LogP contribution in [0.2, 0.25) is 0 Å². The molecule has 1 saturated heterocycles. The van der Waals surface area contributed by atoms with Crippen molar-refractivity contribution in [1.82, 2.24) is 25.2 Å². The quantitative estimate of drug-likeness (QED) is 0.733. The second-order valence-corrected chi connectivity index (χ2v) is 8.15. The first-order valence-electron chi connectivity index (χ1n) is 9.02. The summed E-state index contributed by atoms with van der Waals surface area (Å²) in [4.78, 5) is 28.1. The molecule has 2 N–H and O–H groups in total. The summed E-state index contributed by atoms with van der Waals surface area (Å²) in [7, 11) is 0. The van der Waals surface area contributed by atoms with Crippen LogP contribution >= 0.6 is 11.3 Å². The van der Waals surface area contributed by atoms with Crippen molar-refractivity contribution in [3.63, 3.8) is 0 Å². The number of nitrogens with one attached hydrogen (secondary N) is 2. The van der Waals surface area contributed by atoms with Crippen molar-refractivity contribution in [2.75, 3.05) is 13.1 Å². The molecule has 1 fully saturated rings. The molecule has 4 rings (SSSR count). The van der Waals surface area contributed by atoms with E-state index < -0.39 is 0 Å². The molecule has 0 saturated carbocycles. The van der Waals surface area contributed by atoms with E-state index in [-0.39, 0.29) is 12.1 Å². The molecule has 1 atom stereocenters. The van der Waals surface area contributed by atoms with Gasteiger partial charge in [-0.2, -0.15) is 0 Å². The van der Waals surface area contributed by atoms with Crippen LogP contribution in [0.25, 0.3) is 11.0 Å². The minimum Gasteiger partial charge on any atom is -0.340 e. The molecule has 0 spiro atoms. The lowest BCUT2D eigenvalue weighted by Gasteiger charge is -2.31. The number of para-hydroxylation sites is 2. The van der Waals surface area contributed by atoms with Crippen LogP contribution in [-0.4, -0.2) is 39.0 Å². The number of imidazole rings is 1. The summed E-state index contributed by atoms with van der Waals surface area (Å²) >= 11 is 1.77. The Morgan fingerprint density at radius 1 is 1.35 bits per heavy atom. The van der Waals surface area contributed by atoms with Gasteiger partial charge >= 0.3 is 6.03 Å². The Morgan fingerprint density at radius 3 is 2.81 bits per heavy atom. The number of aromatic nitrogens is 3. The normalized spacial score (nSPS) is 16.8. The second kappa shape index (κ2) is 7.07. The summed E-state index contributed by atoms with van der Waals surface area (Å²) in [5.74, 6) is 1.26. The Balaban J connectivity index is 1.35. The number of likely N-dealkylation sites (tertiary alicyclic amines) is 1. The number of H-pyrrole nitrogens is 1. The molecule has 1 aliphatic heterocycles.